The summed E-state index contributed by atoms with van der Waals surface area (Å²) in [6, 6.07) is 15.4. The molecule has 4 aromatic rings. The van der Waals surface area contributed by atoms with Crippen molar-refractivity contribution in [1.82, 2.24) is 15.0 Å². The molecule has 6 heteroatoms. The summed E-state index contributed by atoms with van der Waals surface area (Å²) >= 11 is 0. The smallest absolute Gasteiger partial charge is 0.262 e. The molecule has 140 valence electrons. The minimum absolute atomic E-state index is 0.258. The number of anilines is 2. The first-order valence-electron chi connectivity index (χ1n) is 8.93. The third-order valence-electron chi connectivity index (χ3n) is 4.64. The third-order valence-corrected chi connectivity index (χ3v) is 4.64. The topological polar surface area (TPSA) is 79.9 Å². The Bertz CT molecular complexity index is 1230. The van der Waals surface area contributed by atoms with Gasteiger partial charge in [0.2, 0.25) is 5.95 Å². The van der Waals surface area contributed by atoms with Gasteiger partial charge in [-0.25, -0.2) is 4.98 Å². The highest BCUT2D eigenvalue weighted by molar-refractivity contribution is 5.94. The van der Waals surface area contributed by atoms with Crippen LogP contribution in [0.25, 0.3) is 22.2 Å². The van der Waals surface area contributed by atoms with Crippen molar-refractivity contribution in [3.05, 3.63) is 76.2 Å². The van der Waals surface area contributed by atoms with Crippen LogP contribution in [0.4, 0.5) is 11.6 Å². The maximum atomic E-state index is 12.9. The second-order valence-corrected chi connectivity index (χ2v) is 6.62. The average Bonchev–Trinajstić information content (AvgIpc) is 2.69. The van der Waals surface area contributed by atoms with Crippen molar-refractivity contribution in [2.45, 2.75) is 13.8 Å². The van der Waals surface area contributed by atoms with E-state index in [1.807, 2.05) is 50.2 Å². The Hall–Kier alpha value is -3.67. The van der Waals surface area contributed by atoms with Crippen LogP contribution in [0.1, 0.15) is 11.1 Å². The summed E-state index contributed by atoms with van der Waals surface area (Å²) in [7, 11) is 1.61. The molecule has 0 radical (unpaired) electrons. The largest absolute Gasteiger partial charge is 0.496 e. The van der Waals surface area contributed by atoms with Crippen molar-refractivity contribution in [3.8, 4) is 16.9 Å². The van der Waals surface area contributed by atoms with Crippen LogP contribution in [0.3, 0.4) is 0 Å². The van der Waals surface area contributed by atoms with E-state index >= 15 is 0 Å². The van der Waals surface area contributed by atoms with Crippen molar-refractivity contribution >= 4 is 22.7 Å². The predicted octanol–water partition coefficient (Wildman–Crippen LogP) is 4.35. The fraction of sp³-hybridized carbons (Fsp3) is 0.136. The maximum Gasteiger partial charge on any atom is 0.262 e. The van der Waals surface area contributed by atoms with Crippen molar-refractivity contribution in [1.29, 1.82) is 0 Å². The number of aromatic nitrogens is 3. The van der Waals surface area contributed by atoms with E-state index in [0.717, 1.165) is 22.4 Å². The van der Waals surface area contributed by atoms with E-state index in [0.29, 0.717) is 22.7 Å². The van der Waals surface area contributed by atoms with Crippen LogP contribution in [0.5, 0.6) is 5.75 Å². The number of fused-ring (bicyclic) bond motifs is 1. The van der Waals surface area contributed by atoms with Gasteiger partial charge in [-0.1, -0.05) is 35.9 Å². The molecule has 0 aliphatic heterocycles. The van der Waals surface area contributed by atoms with Crippen molar-refractivity contribution in [3.63, 3.8) is 0 Å². The molecule has 0 amide bonds. The highest BCUT2D eigenvalue weighted by Gasteiger charge is 2.14. The van der Waals surface area contributed by atoms with Crippen LogP contribution >= 0.6 is 0 Å². The van der Waals surface area contributed by atoms with Crippen molar-refractivity contribution in [2.24, 2.45) is 0 Å². The highest BCUT2D eigenvalue weighted by atomic mass is 16.5. The first kappa shape index (κ1) is 17.7. The molecule has 2 heterocycles. The van der Waals surface area contributed by atoms with E-state index < -0.39 is 0 Å². The number of ether oxygens (including phenoxy) is 1. The lowest BCUT2D eigenvalue weighted by atomic mass is 10.0. The van der Waals surface area contributed by atoms with Gasteiger partial charge in [0, 0.05) is 23.0 Å². The first-order chi connectivity index (χ1) is 13.6. The number of pyridine rings is 1. The Balaban J connectivity index is 1.84. The highest BCUT2D eigenvalue weighted by Crippen LogP contribution is 2.32. The van der Waals surface area contributed by atoms with Gasteiger partial charge < -0.3 is 10.1 Å². The average molecular weight is 372 g/mol. The van der Waals surface area contributed by atoms with E-state index in [1.54, 1.807) is 19.4 Å². The zero-order chi connectivity index (χ0) is 19.7. The van der Waals surface area contributed by atoms with Gasteiger partial charge in [0.25, 0.3) is 5.56 Å². The Morgan fingerprint density at radius 3 is 2.64 bits per heavy atom. The van der Waals surface area contributed by atoms with E-state index in [2.05, 4.69) is 26.3 Å². The number of H-pyrrole nitrogens is 1. The standard InChI is InChI=1S/C22H20N4O2/c1-13-8-9-17(14(2)12-13)24-22-25-20-19(21(27)26-22)16(10-11-23-20)15-6-4-5-7-18(15)28-3/h4-12H,1-3H3,(H2,23,24,25,26,27). The van der Waals surface area contributed by atoms with Gasteiger partial charge in [0.1, 0.15) is 5.75 Å². The van der Waals surface area contributed by atoms with E-state index in [4.69, 9.17) is 4.74 Å². The Kier molecular flexibility index (Phi) is 4.53. The summed E-state index contributed by atoms with van der Waals surface area (Å²) in [5.41, 5.74) is 4.79. The molecule has 2 aromatic heterocycles. The number of aromatic amines is 1. The zero-order valence-corrected chi connectivity index (χ0v) is 15.9. The molecular weight excluding hydrogens is 352 g/mol. The molecule has 0 saturated heterocycles. The Morgan fingerprint density at radius 1 is 1.04 bits per heavy atom. The van der Waals surface area contributed by atoms with Crippen molar-refractivity contribution < 1.29 is 4.74 Å². The molecule has 4 rings (SSSR count). The Labute approximate surface area is 162 Å². The summed E-state index contributed by atoms with van der Waals surface area (Å²) in [6.07, 6.45) is 1.65. The van der Waals surface area contributed by atoms with Crippen LogP contribution in [0.2, 0.25) is 0 Å². The number of aryl methyl sites for hydroxylation is 2. The summed E-state index contributed by atoms with van der Waals surface area (Å²) in [5.74, 6) is 1.04. The van der Waals surface area contributed by atoms with Gasteiger partial charge >= 0.3 is 0 Å². The number of nitrogens with zero attached hydrogens (tertiary/aromatic N) is 2. The molecule has 28 heavy (non-hydrogen) atoms. The molecule has 0 fully saturated rings. The lowest BCUT2D eigenvalue weighted by Gasteiger charge is -2.12. The van der Waals surface area contributed by atoms with E-state index in [-0.39, 0.29) is 5.56 Å². The fourth-order valence-electron chi connectivity index (χ4n) is 3.30. The molecule has 0 bridgehead atoms. The van der Waals surface area contributed by atoms with Gasteiger partial charge in [-0.2, -0.15) is 4.98 Å². The zero-order valence-electron chi connectivity index (χ0n) is 15.9. The normalized spacial score (nSPS) is 10.8. The second kappa shape index (κ2) is 7.15. The SMILES string of the molecule is COc1ccccc1-c1ccnc2nc(Nc3ccc(C)cc3C)[nH]c(=O)c12. The second-order valence-electron chi connectivity index (χ2n) is 6.62. The lowest BCUT2D eigenvalue weighted by molar-refractivity contribution is 0.416. The molecule has 2 aromatic carbocycles. The van der Waals surface area contributed by atoms with Gasteiger partial charge in [0.15, 0.2) is 5.65 Å². The number of hydrogen-bond donors (Lipinski definition) is 2. The van der Waals surface area contributed by atoms with Crippen LogP contribution in [0, 0.1) is 13.8 Å². The van der Waals surface area contributed by atoms with E-state index in [9.17, 15) is 4.79 Å². The summed E-state index contributed by atoms with van der Waals surface area (Å²) in [5, 5.41) is 3.61. The predicted molar refractivity (Wildman–Crippen MR) is 111 cm³/mol. The van der Waals surface area contributed by atoms with Gasteiger partial charge in [-0.15, -0.1) is 0 Å². The molecule has 0 aliphatic carbocycles. The minimum Gasteiger partial charge on any atom is -0.496 e. The van der Waals surface area contributed by atoms with Crippen LogP contribution in [0.15, 0.2) is 59.5 Å². The molecule has 0 aliphatic rings. The third kappa shape index (κ3) is 3.20. The van der Waals surface area contributed by atoms with Crippen LogP contribution in [-0.4, -0.2) is 22.1 Å². The lowest BCUT2D eigenvalue weighted by Crippen LogP contribution is -2.13. The van der Waals surface area contributed by atoms with Gasteiger partial charge in [-0.3, -0.25) is 9.78 Å². The summed E-state index contributed by atoms with van der Waals surface area (Å²) < 4.78 is 5.45. The van der Waals surface area contributed by atoms with E-state index in [1.165, 1.54) is 5.56 Å². The number of nitrogens with one attached hydrogen (secondary N) is 2. The Morgan fingerprint density at radius 2 is 1.86 bits per heavy atom. The van der Waals surface area contributed by atoms with Gasteiger partial charge in [0.05, 0.1) is 12.5 Å². The molecule has 6 nitrogen and oxygen atoms in total. The van der Waals surface area contributed by atoms with Crippen molar-refractivity contribution in [2.75, 3.05) is 12.4 Å². The molecular formula is C22H20N4O2. The molecule has 0 unspecified atom stereocenters. The number of hydrogen-bond acceptors (Lipinski definition) is 5. The number of benzene rings is 2. The number of para-hydroxylation sites is 1. The molecule has 2 N–H and O–H groups in total. The van der Waals surface area contributed by atoms with Crippen LogP contribution in [-0.2, 0) is 0 Å². The van der Waals surface area contributed by atoms with Crippen LogP contribution < -0.4 is 15.6 Å². The number of rotatable bonds is 4. The quantitative estimate of drug-likeness (QED) is 0.557. The maximum absolute atomic E-state index is 12.9. The minimum atomic E-state index is -0.258. The number of methoxy groups -OCH3 is 1. The molecule has 0 spiro atoms. The summed E-state index contributed by atoms with van der Waals surface area (Å²) in [4.78, 5) is 24.6. The van der Waals surface area contributed by atoms with Gasteiger partial charge in [-0.05, 0) is 37.6 Å². The first-order valence-corrected chi connectivity index (χ1v) is 8.93. The molecule has 0 atom stereocenters. The monoisotopic (exact) mass is 372 g/mol. The fourth-order valence-corrected chi connectivity index (χ4v) is 3.30. The summed E-state index contributed by atoms with van der Waals surface area (Å²) in [6.45, 7) is 4.04. The molecule has 0 saturated carbocycles.